The highest BCUT2D eigenvalue weighted by Crippen LogP contribution is 2.31. The molecule has 1 nitrogen and oxygen atoms in total. The number of alkyl halides is 5. The van der Waals surface area contributed by atoms with Crippen molar-refractivity contribution in [3.05, 3.63) is 0 Å². The summed E-state index contributed by atoms with van der Waals surface area (Å²) in [5.41, 5.74) is -5.34. The van der Waals surface area contributed by atoms with Crippen LogP contribution in [0, 0.1) is 0 Å². The van der Waals surface area contributed by atoms with E-state index in [-0.39, 0.29) is 6.92 Å². The smallest absolute Gasteiger partial charge is 0.244 e. The summed E-state index contributed by atoms with van der Waals surface area (Å²) in [4.78, 5) is 0. The topological polar surface area (TPSA) is 17.1 Å². The Balaban J connectivity index is 4.40. The van der Waals surface area contributed by atoms with E-state index in [1.54, 1.807) is 0 Å². The number of hydrogen-bond donors (Lipinski definition) is 0. The van der Waals surface area contributed by atoms with Gasteiger partial charge in [0.15, 0.2) is 10.8 Å². The summed E-state index contributed by atoms with van der Waals surface area (Å²) in [7, 11) is -4.09. The van der Waals surface area contributed by atoms with Crippen molar-refractivity contribution in [3.63, 3.8) is 0 Å². The largest absolute Gasteiger partial charge is 0.477 e. The van der Waals surface area contributed by atoms with Crippen LogP contribution in [0.3, 0.4) is 0 Å². The van der Waals surface area contributed by atoms with Gasteiger partial charge in [-0.15, -0.1) is 0 Å². The summed E-state index contributed by atoms with van der Waals surface area (Å²) in [6.07, 6.45) is 0. The van der Waals surface area contributed by atoms with Crippen LogP contribution in [0.1, 0.15) is 6.92 Å². The van der Waals surface area contributed by atoms with Crippen LogP contribution in [0.4, 0.5) is 22.0 Å². The predicted molar refractivity (Wildman–Crippen MR) is 24.8 cm³/mol. The zero-order valence-corrected chi connectivity index (χ0v) is 5.52. The summed E-state index contributed by atoms with van der Waals surface area (Å²) in [6.45, 7) is -0.0450. The van der Waals surface area contributed by atoms with Crippen molar-refractivity contribution in [1.29, 1.82) is 0 Å². The molecule has 0 radical (unpaired) electrons. The third kappa shape index (κ3) is 2.59. The maximum Gasteiger partial charge on any atom is 0.477 e. The van der Waals surface area contributed by atoms with E-state index in [2.05, 4.69) is 0 Å². The van der Waals surface area contributed by atoms with Gasteiger partial charge in [-0.05, 0) is 0 Å². The molecule has 0 rings (SSSR count). The SMILES string of the molecule is CC(F)(F)S(=O)C(F)(F)F. The second kappa shape index (κ2) is 2.44. The highest BCUT2D eigenvalue weighted by Gasteiger charge is 2.50. The maximum atomic E-state index is 11.6. The zero-order valence-electron chi connectivity index (χ0n) is 4.71. The average Bonchev–Trinajstić information content (AvgIpc) is 1.59. The molecule has 0 aliphatic carbocycles. The summed E-state index contributed by atoms with van der Waals surface area (Å²) >= 11 is 0. The van der Waals surface area contributed by atoms with E-state index in [9.17, 15) is 26.2 Å². The standard InChI is InChI=1S/C3H3F5OS/c1-2(4,5)10(9)3(6,7)8/h1H3. The average molecular weight is 182 g/mol. The second-order valence-electron chi connectivity index (χ2n) is 1.52. The minimum Gasteiger partial charge on any atom is -0.244 e. The predicted octanol–water partition coefficient (Wildman–Crippen LogP) is 1.87. The van der Waals surface area contributed by atoms with E-state index in [0.29, 0.717) is 0 Å². The Morgan fingerprint density at radius 1 is 1.10 bits per heavy atom. The van der Waals surface area contributed by atoms with Crippen LogP contribution in [0.25, 0.3) is 0 Å². The third-order valence-electron chi connectivity index (χ3n) is 0.536. The Morgan fingerprint density at radius 2 is 1.40 bits per heavy atom. The molecule has 62 valence electrons. The van der Waals surface area contributed by atoms with Crippen LogP contribution in [-0.2, 0) is 10.8 Å². The molecular weight excluding hydrogens is 179 g/mol. The lowest BCUT2D eigenvalue weighted by atomic mass is 10.9. The Labute approximate surface area is 55.7 Å². The fourth-order valence-electron chi connectivity index (χ4n) is 0.203. The summed E-state index contributed by atoms with van der Waals surface area (Å²) < 4.78 is 66.4. The minimum atomic E-state index is -5.34. The van der Waals surface area contributed by atoms with Crippen LogP contribution in [0.5, 0.6) is 0 Å². The van der Waals surface area contributed by atoms with Crippen LogP contribution in [0.2, 0.25) is 0 Å². The molecule has 0 heterocycles. The molecule has 0 aliphatic heterocycles. The lowest BCUT2D eigenvalue weighted by Crippen LogP contribution is -2.30. The monoisotopic (exact) mass is 182 g/mol. The first-order valence-corrected chi connectivity index (χ1v) is 3.17. The van der Waals surface area contributed by atoms with E-state index in [0.717, 1.165) is 0 Å². The Bertz CT molecular complexity index is 128. The van der Waals surface area contributed by atoms with Crippen molar-refractivity contribution in [2.75, 3.05) is 0 Å². The van der Waals surface area contributed by atoms with E-state index >= 15 is 0 Å². The Kier molecular flexibility index (Phi) is 2.40. The van der Waals surface area contributed by atoms with Crippen molar-refractivity contribution < 1.29 is 26.2 Å². The molecular formula is C3H3F5OS. The first-order chi connectivity index (χ1) is 4.15. The molecule has 1 unspecified atom stereocenters. The molecule has 0 aromatic rings. The molecule has 0 saturated carbocycles. The molecule has 1 atom stereocenters. The molecule has 10 heavy (non-hydrogen) atoms. The highest BCUT2D eigenvalue weighted by atomic mass is 32.2. The lowest BCUT2D eigenvalue weighted by molar-refractivity contribution is -0.0477. The molecule has 0 bridgehead atoms. The first-order valence-electron chi connectivity index (χ1n) is 2.02. The molecule has 0 spiro atoms. The molecule has 7 heteroatoms. The molecule has 0 N–H and O–H groups in total. The van der Waals surface area contributed by atoms with Crippen LogP contribution >= 0.6 is 0 Å². The van der Waals surface area contributed by atoms with Gasteiger partial charge in [-0.2, -0.15) is 22.0 Å². The third-order valence-corrected chi connectivity index (χ3v) is 1.61. The molecule has 0 aromatic heterocycles. The fraction of sp³-hybridized carbons (Fsp3) is 1.00. The Hall–Kier alpha value is -0.200. The number of halogens is 5. The summed E-state index contributed by atoms with van der Waals surface area (Å²) in [5, 5.41) is -4.21. The molecule has 0 saturated heterocycles. The van der Waals surface area contributed by atoms with Crippen molar-refractivity contribution in [3.8, 4) is 0 Å². The molecule has 0 aliphatic rings. The quantitative estimate of drug-likeness (QED) is 0.566. The van der Waals surface area contributed by atoms with Gasteiger partial charge in [-0.25, -0.2) is 4.21 Å². The van der Waals surface area contributed by atoms with Gasteiger partial charge in [0.1, 0.15) is 0 Å². The van der Waals surface area contributed by atoms with Crippen molar-refractivity contribution in [2.45, 2.75) is 17.7 Å². The normalized spacial score (nSPS) is 17.0. The fourth-order valence-corrected chi connectivity index (χ4v) is 0.610. The molecule has 0 amide bonds. The van der Waals surface area contributed by atoms with Crippen molar-refractivity contribution >= 4 is 10.8 Å². The summed E-state index contributed by atoms with van der Waals surface area (Å²) in [5.74, 6) is 0. The van der Waals surface area contributed by atoms with Gasteiger partial charge in [-0.3, -0.25) is 0 Å². The van der Waals surface area contributed by atoms with Gasteiger partial charge >= 0.3 is 10.8 Å². The van der Waals surface area contributed by atoms with Gasteiger partial charge in [-0.1, -0.05) is 0 Å². The van der Waals surface area contributed by atoms with Crippen LogP contribution in [0.15, 0.2) is 0 Å². The lowest BCUT2D eigenvalue weighted by Gasteiger charge is -2.11. The van der Waals surface area contributed by atoms with Gasteiger partial charge in [0.2, 0.25) is 0 Å². The van der Waals surface area contributed by atoms with E-state index in [1.165, 1.54) is 0 Å². The van der Waals surface area contributed by atoms with Crippen LogP contribution in [-0.4, -0.2) is 15.0 Å². The first kappa shape index (κ1) is 9.80. The van der Waals surface area contributed by atoms with Gasteiger partial charge in [0.25, 0.3) is 0 Å². The van der Waals surface area contributed by atoms with Crippen LogP contribution < -0.4 is 0 Å². The summed E-state index contributed by atoms with van der Waals surface area (Å²) in [6, 6.07) is 0. The van der Waals surface area contributed by atoms with Gasteiger partial charge < -0.3 is 0 Å². The minimum absolute atomic E-state index is 0.0450. The van der Waals surface area contributed by atoms with E-state index in [4.69, 9.17) is 0 Å². The Morgan fingerprint density at radius 3 is 1.40 bits per heavy atom. The number of hydrogen-bond acceptors (Lipinski definition) is 1. The van der Waals surface area contributed by atoms with Gasteiger partial charge in [0, 0.05) is 6.92 Å². The van der Waals surface area contributed by atoms with E-state index in [1.807, 2.05) is 0 Å². The number of rotatable bonds is 1. The second-order valence-corrected chi connectivity index (χ2v) is 3.24. The van der Waals surface area contributed by atoms with E-state index < -0.39 is 21.6 Å². The molecule has 0 fully saturated rings. The highest BCUT2D eigenvalue weighted by molar-refractivity contribution is 7.86. The van der Waals surface area contributed by atoms with Crippen molar-refractivity contribution in [2.24, 2.45) is 0 Å². The molecule has 0 aromatic carbocycles. The maximum absolute atomic E-state index is 11.6. The van der Waals surface area contributed by atoms with Crippen molar-refractivity contribution in [1.82, 2.24) is 0 Å². The van der Waals surface area contributed by atoms with Gasteiger partial charge in [0.05, 0.1) is 0 Å². The zero-order chi connectivity index (χ0) is 8.58.